The summed E-state index contributed by atoms with van der Waals surface area (Å²) >= 11 is 0. The van der Waals surface area contributed by atoms with Crippen LogP contribution in [0.25, 0.3) is 0 Å². The van der Waals surface area contributed by atoms with Gasteiger partial charge < -0.3 is 10.8 Å². The highest BCUT2D eigenvalue weighted by Gasteiger charge is 2.15. The van der Waals surface area contributed by atoms with Gasteiger partial charge in [-0.3, -0.25) is 4.79 Å². The van der Waals surface area contributed by atoms with E-state index >= 15 is 0 Å². The Labute approximate surface area is 89.3 Å². The van der Waals surface area contributed by atoms with Gasteiger partial charge in [-0.25, -0.2) is 0 Å². The molecule has 4 heteroatoms. The first-order valence-electron chi connectivity index (χ1n) is 4.21. The topological polar surface area (TPSA) is 63.3 Å². The second-order valence-electron chi connectivity index (χ2n) is 2.96. The van der Waals surface area contributed by atoms with Gasteiger partial charge in [-0.1, -0.05) is 30.3 Å². The molecule has 1 aromatic carbocycles. The molecule has 0 radical (unpaired) electrons. The minimum Gasteiger partial charge on any atom is -0.481 e. The molecule has 0 bridgehead atoms. The quantitative estimate of drug-likeness (QED) is 0.796. The average molecular weight is 216 g/mol. The Kier molecular flexibility index (Phi) is 5.92. The van der Waals surface area contributed by atoms with E-state index in [4.69, 9.17) is 10.8 Å². The molecule has 3 N–H and O–H groups in total. The second-order valence-corrected chi connectivity index (χ2v) is 2.96. The lowest BCUT2D eigenvalue weighted by Crippen LogP contribution is -2.25. The number of carboxylic acids is 1. The van der Waals surface area contributed by atoms with Crippen molar-refractivity contribution < 1.29 is 9.90 Å². The highest BCUT2D eigenvalue weighted by Crippen LogP contribution is 2.07. The fourth-order valence-electron chi connectivity index (χ4n) is 1.17. The number of rotatable bonds is 4. The van der Waals surface area contributed by atoms with Crippen molar-refractivity contribution in [2.75, 3.05) is 6.54 Å². The number of halogens is 1. The number of carbonyl (C=O) groups is 1. The molecule has 0 spiro atoms. The fourth-order valence-corrected chi connectivity index (χ4v) is 1.17. The maximum atomic E-state index is 10.7. The van der Waals surface area contributed by atoms with Crippen molar-refractivity contribution in [1.29, 1.82) is 0 Å². The predicted molar refractivity (Wildman–Crippen MR) is 57.6 cm³/mol. The molecule has 0 saturated carbocycles. The molecule has 78 valence electrons. The molecule has 14 heavy (non-hydrogen) atoms. The molecular formula is C10H14ClNO2. The third-order valence-corrected chi connectivity index (χ3v) is 1.96. The van der Waals surface area contributed by atoms with E-state index in [9.17, 15) is 4.79 Å². The van der Waals surface area contributed by atoms with Gasteiger partial charge in [0, 0.05) is 6.54 Å². The van der Waals surface area contributed by atoms with Crippen LogP contribution in [0.3, 0.4) is 0 Å². The summed E-state index contributed by atoms with van der Waals surface area (Å²) in [5.41, 5.74) is 6.35. The van der Waals surface area contributed by atoms with Crippen molar-refractivity contribution >= 4 is 18.4 Å². The number of carboxylic acid groups (broad SMARTS) is 1. The summed E-state index contributed by atoms with van der Waals surface area (Å²) in [5.74, 6) is -1.30. The molecule has 0 aromatic heterocycles. The van der Waals surface area contributed by atoms with Gasteiger partial charge in [-0.2, -0.15) is 0 Å². The molecule has 0 amide bonds. The zero-order chi connectivity index (χ0) is 9.68. The fraction of sp³-hybridized carbons (Fsp3) is 0.300. The van der Waals surface area contributed by atoms with Gasteiger partial charge in [0.1, 0.15) is 0 Å². The molecule has 1 aromatic rings. The van der Waals surface area contributed by atoms with E-state index in [0.29, 0.717) is 6.42 Å². The van der Waals surface area contributed by atoms with Crippen LogP contribution < -0.4 is 5.73 Å². The number of hydrogen-bond acceptors (Lipinski definition) is 2. The minimum atomic E-state index is -0.827. The number of nitrogens with two attached hydrogens (primary N) is 1. The molecule has 1 rings (SSSR count). The SMILES string of the molecule is Cl.NC[C@@H](Cc1ccccc1)C(=O)O. The maximum absolute atomic E-state index is 10.7. The highest BCUT2D eigenvalue weighted by atomic mass is 35.5. The van der Waals surface area contributed by atoms with Gasteiger partial charge in [-0.05, 0) is 12.0 Å². The maximum Gasteiger partial charge on any atom is 0.308 e. The lowest BCUT2D eigenvalue weighted by Gasteiger charge is -2.08. The summed E-state index contributed by atoms with van der Waals surface area (Å²) in [6.07, 6.45) is 0.507. The third-order valence-electron chi connectivity index (χ3n) is 1.96. The molecule has 0 aliphatic heterocycles. The van der Waals surface area contributed by atoms with Crippen LogP contribution in [-0.4, -0.2) is 17.6 Å². The van der Waals surface area contributed by atoms with Crippen LogP contribution in [0.15, 0.2) is 30.3 Å². The summed E-state index contributed by atoms with van der Waals surface area (Å²) in [4.78, 5) is 10.7. The van der Waals surface area contributed by atoms with Gasteiger partial charge in [-0.15, -0.1) is 12.4 Å². The predicted octanol–water partition coefficient (Wildman–Crippen LogP) is 1.31. The molecule has 0 saturated heterocycles. The Morgan fingerprint density at radius 1 is 1.36 bits per heavy atom. The van der Waals surface area contributed by atoms with Gasteiger partial charge in [0.15, 0.2) is 0 Å². The molecule has 0 aliphatic carbocycles. The molecule has 3 nitrogen and oxygen atoms in total. The van der Waals surface area contributed by atoms with Crippen molar-refractivity contribution in [3.63, 3.8) is 0 Å². The first kappa shape index (κ1) is 12.9. The van der Waals surface area contributed by atoms with Crippen LogP contribution in [0.2, 0.25) is 0 Å². The van der Waals surface area contributed by atoms with E-state index in [2.05, 4.69) is 0 Å². The second kappa shape index (κ2) is 6.40. The molecule has 0 fully saturated rings. The van der Waals surface area contributed by atoms with E-state index in [1.807, 2.05) is 30.3 Å². The lowest BCUT2D eigenvalue weighted by atomic mass is 10.00. The smallest absolute Gasteiger partial charge is 0.308 e. The summed E-state index contributed by atoms with van der Waals surface area (Å²) in [6.45, 7) is 0.185. The van der Waals surface area contributed by atoms with Gasteiger partial charge in [0.25, 0.3) is 0 Å². The largest absolute Gasteiger partial charge is 0.481 e. The lowest BCUT2D eigenvalue weighted by molar-refractivity contribution is -0.141. The van der Waals surface area contributed by atoms with E-state index in [1.54, 1.807) is 0 Å². The summed E-state index contributed by atoms with van der Waals surface area (Å²) < 4.78 is 0. The van der Waals surface area contributed by atoms with Crippen molar-refractivity contribution in [2.45, 2.75) is 6.42 Å². The zero-order valence-electron chi connectivity index (χ0n) is 7.72. The molecule has 0 aliphatic rings. The Balaban J connectivity index is 0.00000169. The Bertz CT molecular complexity index is 277. The van der Waals surface area contributed by atoms with Crippen LogP contribution in [-0.2, 0) is 11.2 Å². The molecule has 1 atom stereocenters. The summed E-state index contributed by atoms with van der Waals surface area (Å²) in [5, 5.41) is 8.75. The standard InChI is InChI=1S/C10H13NO2.ClH/c11-7-9(10(12)13)6-8-4-2-1-3-5-8;/h1-5,9H,6-7,11H2,(H,12,13);1H/t9-;/m1./s1. The molecule has 0 heterocycles. The van der Waals surface area contributed by atoms with Crippen LogP contribution in [0.1, 0.15) is 5.56 Å². The van der Waals surface area contributed by atoms with Crippen LogP contribution in [0.5, 0.6) is 0 Å². The van der Waals surface area contributed by atoms with Gasteiger partial charge in [0.05, 0.1) is 5.92 Å². The average Bonchev–Trinajstić information content (AvgIpc) is 2.15. The summed E-state index contributed by atoms with van der Waals surface area (Å²) in [7, 11) is 0. The van der Waals surface area contributed by atoms with Crippen LogP contribution >= 0.6 is 12.4 Å². The Morgan fingerprint density at radius 2 is 1.93 bits per heavy atom. The number of hydrogen-bond donors (Lipinski definition) is 2. The van der Waals surface area contributed by atoms with Crippen LogP contribution in [0, 0.1) is 5.92 Å². The normalized spacial score (nSPS) is 11.5. The summed E-state index contributed by atoms with van der Waals surface area (Å²) in [6, 6.07) is 9.51. The Hall–Kier alpha value is -1.06. The molecular weight excluding hydrogens is 202 g/mol. The first-order chi connectivity index (χ1) is 6.24. The Morgan fingerprint density at radius 3 is 2.36 bits per heavy atom. The van der Waals surface area contributed by atoms with Crippen LogP contribution in [0.4, 0.5) is 0 Å². The highest BCUT2D eigenvalue weighted by molar-refractivity contribution is 5.85. The third kappa shape index (κ3) is 3.77. The van der Waals surface area contributed by atoms with E-state index in [1.165, 1.54) is 0 Å². The first-order valence-corrected chi connectivity index (χ1v) is 4.21. The van der Waals surface area contributed by atoms with Gasteiger partial charge >= 0.3 is 5.97 Å². The number of aliphatic carboxylic acids is 1. The molecule has 0 unspecified atom stereocenters. The zero-order valence-corrected chi connectivity index (χ0v) is 8.54. The van der Waals surface area contributed by atoms with E-state index < -0.39 is 11.9 Å². The van der Waals surface area contributed by atoms with Crippen molar-refractivity contribution in [3.05, 3.63) is 35.9 Å². The van der Waals surface area contributed by atoms with Crippen molar-refractivity contribution in [3.8, 4) is 0 Å². The van der Waals surface area contributed by atoms with Crippen molar-refractivity contribution in [1.82, 2.24) is 0 Å². The van der Waals surface area contributed by atoms with E-state index in [-0.39, 0.29) is 19.0 Å². The number of benzene rings is 1. The monoisotopic (exact) mass is 215 g/mol. The van der Waals surface area contributed by atoms with Crippen molar-refractivity contribution in [2.24, 2.45) is 11.7 Å². The minimum absolute atomic E-state index is 0. The van der Waals surface area contributed by atoms with E-state index in [0.717, 1.165) is 5.56 Å². The van der Waals surface area contributed by atoms with Gasteiger partial charge in [0.2, 0.25) is 0 Å².